The second-order valence-corrected chi connectivity index (χ2v) is 4.03. The molecule has 15 heavy (non-hydrogen) atoms. The summed E-state index contributed by atoms with van der Waals surface area (Å²) in [6.07, 6.45) is 4.88. The van der Waals surface area contributed by atoms with Gasteiger partial charge in [0.15, 0.2) is 0 Å². The SMILES string of the molecule is CC(N)c1cccnc1Sc1ncco1. The van der Waals surface area contributed by atoms with E-state index in [4.69, 9.17) is 10.2 Å². The minimum Gasteiger partial charge on any atom is -0.440 e. The molecule has 0 fully saturated rings. The fourth-order valence-electron chi connectivity index (χ4n) is 1.18. The topological polar surface area (TPSA) is 64.9 Å². The Bertz CT molecular complexity index is 428. The molecule has 0 aromatic carbocycles. The van der Waals surface area contributed by atoms with Gasteiger partial charge in [0.1, 0.15) is 11.3 Å². The largest absolute Gasteiger partial charge is 0.440 e. The minimum atomic E-state index is -0.0452. The Balaban J connectivity index is 2.28. The summed E-state index contributed by atoms with van der Waals surface area (Å²) in [6, 6.07) is 3.79. The van der Waals surface area contributed by atoms with Gasteiger partial charge in [-0.15, -0.1) is 0 Å². The molecule has 0 aliphatic rings. The predicted octanol–water partition coefficient (Wildman–Crippen LogP) is 2.24. The van der Waals surface area contributed by atoms with Gasteiger partial charge in [0, 0.05) is 17.8 Å². The van der Waals surface area contributed by atoms with Crippen molar-refractivity contribution in [1.29, 1.82) is 0 Å². The number of nitrogens with two attached hydrogens (primary N) is 1. The molecule has 1 unspecified atom stereocenters. The van der Waals surface area contributed by atoms with Crippen LogP contribution in [0.1, 0.15) is 18.5 Å². The lowest BCUT2D eigenvalue weighted by atomic mass is 10.2. The first-order valence-electron chi connectivity index (χ1n) is 4.55. The van der Waals surface area contributed by atoms with Crippen molar-refractivity contribution in [3.05, 3.63) is 36.4 Å². The summed E-state index contributed by atoms with van der Waals surface area (Å²) >= 11 is 1.38. The van der Waals surface area contributed by atoms with Crippen molar-refractivity contribution in [1.82, 2.24) is 9.97 Å². The van der Waals surface area contributed by atoms with Crippen LogP contribution in [-0.4, -0.2) is 9.97 Å². The molecule has 0 saturated heterocycles. The second kappa shape index (κ2) is 4.46. The molecular formula is C10H11N3OS. The van der Waals surface area contributed by atoms with E-state index in [-0.39, 0.29) is 6.04 Å². The highest BCUT2D eigenvalue weighted by atomic mass is 32.2. The van der Waals surface area contributed by atoms with E-state index in [9.17, 15) is 0 Å². The van der Waals surface area contributed by atoms with Crippen LogP contribution in [0.3, 0.4) is 0 Å². The Morgan fingerprint density at radius 2 is 2.27 bits per heavy atom. The molecule has 4 nitrogen and oxygen atoms in total. The molecule has 2 aromatic rings. The smallest absolute Gasteiger partial charge is 0.261 e. The van der Waals surface area contributed by atoms with Gasteiger partial charge in [-0.1, -0.05) is 6.07 Å². The lowest BCUT2D eigenvalue weighted by Gasteiger charge is -2.08. The van der Waals surface area contributed by atoms with Gasteiger partial charge < -0.3 is 10.2 Å². The molecule has 1 atom stereocenters. The number of pyridine rings is 1. The predicted molar refractivity (Wildman–Crippen MR) is 57.5 cm³/mol. The Morgan fingerprint density at radius 1 is 1.40 bits per heavy atom. The first kappa shape index (κ1) is 10.2. The van der Waals surface area contributed by atoms with Crippen LogP contribution in [0.4, 0.5) is 0 Å². The van der Waals surface area contributed by atoms with Crippen molar-refractivity contribution in [2.24, 2.45) is 5.73 Å². The third kappa shape index (κ3) is 2.37. The second-order valence-electron chi connectivity index (χ2n) is 3.09. The van der Waals surface area contributed by atoms with E-state index in [1.807, 2.05) is 19.1 Å². The first-order chi connectivity index (χ1) is 7.27. The molecule has 0 amide bonds. The molecule has 2 N–H and O–H groups in total. The third-order valence-corrected chi connectivity index (χ3v) is 2.80. The van der Waals surface area contributed by atoms with Crippen molar-refractivity contribution in [3.63, 3.8) is 0 Å². The van der Waals surface area contributed by atoms with Crippen LogP contribution in [0.25, 0.3) is 0 Å². The zero-order valence-corrected chi connectivity index (χ0v) is 9.07. The molecule has 0 spiro atoms. The van der Waals surface area contributed by atoms with Gasteiger partial charge in [-0.2, -0.15) is 0 Å². The quantitative estimate of drug-likeness (QED) is 0.861. The Morgan fingerprint density at radius 3 is 2.93 bits per heavy atom. The van der Waals surface area contributed by atoms with E-state index in [0.717, 1.165) is 10.6 Å². The van der Waals surface area contributed by atoms with Crippen LogP contribution in [-0.2, 0) is 0 Å². The van der Waals surface area contributed by atoms with Gasteiger partial charge in [-0.05, 0) is 24.8 Å². The maximum atomic E-state index is 5.84. The molecule has 2 aromatic heterocycles. The van der Waals surface area contributed by atoms with Crippen molar-refractivity contribution in [3.8, 4) is 0 Å². The zero-order valence-electron chi connectivity index (χ0n) is 8.25. The van der Waals surface area contributed by atoms with E-state index in [1.54, 1.807) is 12.4 Å². The van der Waals surface area contributed by atoms with Crippen LogP contribution in [0.5, 0.6) is 0 Å². The molecule has 5 heteroatoms. The van der Waals surface area contributed by atoms with Crippen LogP contribution < -0.4 is 5.73 Å². The lowest BCUT2D eigenvalue weighted by Crippen LogP contribution is -2.07. The first-order valence-corrected chi connectivity index (χ1v) is 5.37. The number of rotatable bonds is 3. The summed E-state index contributed by atoms with van der Waals surface area (Å²) in [5.74, 6) is 0. The normalized spacial score (nSPS) is 12.7. The number of nitrogens with zero attached hydrogens (tertiary/aromatic N) is 2. The van der Waals surface area contributed by atoms with E-state index >= 15 is 0 Å². The minimum absolute atomic E-state index is 0.0452. The number of hydrogen-bond acceptors (Lipinski definition) is 5. The van der Waals surface area contributed by atoms with Crippen molar-refractivity contribution < 1.29 is 4.42 Å². The summed E-state index contributed by atoms with van der Waals surface area (Å²) in [7, 11) is 0. The summed E-state index contributed by atoms with van der Waals surface area (Å²) < 4.78 is 5.14. The van der Waals surface area contributed by atoms with E-state index in [0.29, 0.717) is 5.22 Å². The van der Waals surface area contributed by atoms with Gasteiger partial charge in [0.2, 0.25) is 0 Å². The lowest BCUT2D eigenvalue weighted by molar-refractivity contribution is 0.453. The van der Waals surface area contributed by atoms with Crippen LogP contribution in [0.15, 0.2) is 45.5 Å². The standard InChI is InChI=1S/C10H11N3OS/c1-7(11)8-3-2-4-12-9(8)15-10-13-5-6-14-10/h2-7H,11H2,1H3. The van der Waals surface area contributed by atoms with E-state index in [1.165, 1.54) is 18.0 Å². The molecule has 0 bridgehead atoms. The monoisotopic (exact) mass is 221 g/mol. The Hall–Kier alpha value is -1.33. The third-order valence-electron chi connectivity index (χ3n) is 1.88. The fourth-order valence-corrected chi connectivity index (χ4v) is 2.05. The van der Waals surface area contributed by atoms with Gasteiger partial charge in [0.05, 0.1) is 6.20 Å². The molecule has 0 aliphatic heterocycles. The molecule has 2 rings (SSSR count). The molecule has 0 aliphatic carbocycles. The summed E-state index contributed by atoms with van der Waals surface area (Å²) in [4.78, 5) is 8.29. The van der Waals surface area contributed by atoms with E-state index < -0.39 is 0 Å². The van der Waals surface area contributed by atoms with E-state index in [2.05, 4.69) is 9.97 Å². The Labute approximate surface area is 91.9 Å². The van der Waals surface area contributed by atoms with Crippen LogP contribution >= 0.6 is 11.8 Å². The molecule has 0 saturated carbocycles. The summed E-state index contributed by atoms with van der Waals surface area (Å²) in [5.41, 5.74) is 6.84. The number of aromatic nitrogens is 2. The fraction of sp³-hybridized carbons (Fsp3) is 0.200. The molecule has 78 valence electrons. The highest BCUT2D eigenvalue weighted by molar-refractivity contribution is 7.99. The Kier molecular flexibility index (Phi) is 3.03. The maximum absolute atomic E-state index is 5.84. The van der Waals surface area contributed by atoms with Crippen molar-refractivity contribution in [2.75, 3.05) is 0 Å². The van der Waals surface area contributed by atoms with Crippen molar-refractivity contribution >= 4 is 11.8 Å². The van der Waals surface area contributed by atoms with Gasteiger partial charge in [0.25, 0.3) is 5.22 Å². The number of oxazole rings is 1. The van der Waals surface area contributed by atoms with Crippen molar-refractivity contribution in [2.45, 2.75) is 23.2 Å². The summed E-state index contributed by atoms with van der Waals surface area (Å²) in [6.45, 7) is 1.93. The highest BCUT2D eigenvalue weighted by Gasteiger charge is 2.10. The average Bonchev–Trinajstić information content (AvgIpc) is 2.71. The van der Waals surface area contributed by atoms with Gasteiger partial charge >= 0.3 is 0 Å². The zero-order chi connectivity index (χ0) is 10.7. The van der Waals surface area contributed by atoms with Gasteiger partial charge in [-0.3, -0.25) is 0 Å². The number of hydrogen-bond donors (Lipinski definition) is 1. The molecule has 2 heterocycles. The average molecular weight is 221 g/mol. The highest BCUT2D eigenvalue weighted by Crippen LogP contribution is 2.29. The van der Waals surface area contributed by atoms with Crippen LogP contribution in [0, 0.1) is 0 Å². The van der Waals surface area contributed by atoms with Gasteiger partial charge in [-0.25, -0.2) is 9.97 Å². The van der Waals surface area contributed by atoms with Crippen LogP contribution in [0.2, 0.25) is 0 Å². The maximum Gasteiger partial charge on any atom is 0.261 e. The molecule has 0 radical (unpaired) electrons. The molecular weight excluding hydrogens is 210 g/mol. The summed E-state index contributed by atoms with van der Waals surface area (Å²) in [5, 5.41) is 1.42.